The maximum atomic E-state index is 5.98. The smallest absolute Gasteiger partial charge is 0.0187 e. The number of halogens is 1. The molecule has 3 rings (SSSR count). The highest BCUT2D eigenvalue weighted by atomic mass is 79.9. The Labute approximate surface area is 121 Å². The first-order valence-electron chi connectivity index (χ1n) is 6.53. The third-order valence-electron chi connectivity index (χ3n) is 3.66. The summed E-state index contributed by atoms with van der Waals surface area (Å²) in [5.74, 6) is 0. The van der Waals surface area contributed by atoms with Crippen molar-refractivity contribution in [1.82, 2.24) is 0 Å². The average Bonchev–Trinajstić information content (AvgIpc) is 2.45. The molecular weight excluding hydrogens is 298 g/mol. The summed E-state index contributed by atoms with van der Waals surface area (Å²) in [6.45, 7) is 0.595. The molecule has 0 aliphatic rings. The predicted octanol–water partition coefficient (Wildman–Crippen LogP) is 4.39. The van der Waals surface area contributed by atoms with Crippen LogP contribution in [0.2, 0.25) is 0 Å². The van der Waals surface area contributed by atoms with E-state index in [9.17, 15) is 0 Å². The highest BCUT2D eigenvalue weighted by Crippen LogP contribution is 2.28. The Morgan fingerprint density at radius 2 is 1.63 bits per heavy atom. The third-order valence-corrected chi connectivity index (χ3v) is 4.06. The van der Waals surface area contributed by atoms with Gasteiger partial charge in [-0.3, -0.25) is 0 Å². The summed E-state index contributed by atoms with van der Waals surface area (Å²) in [7, 11) is 0. The molecule has 0 atom stereocenters. The highest BCUT2D eigenvalue weighted by molar-refractivity contribution is 9.09. The first kappa shape index (κ1) is 12.6. The maximum Gasteiger partial charge on any atom is 0.0187 e. The Bertz CT molecular complexity index is 734. The zero-order chi connectivity index (χ0) is 13.2. The van der Waals surface area contributed by atoms with E-state index in [-0.39, 0.29) is 0 Å². The van der Waals surface area contributed by atoms with Crippen LogP contribution < -0.4 is 5.73 Å². The minimum Gasteiger partial charge on any atom is -0.326 e. The molecule has 0 saturated carbocycles. The second-order valence-electron chi connectivity index (χ2n) is 4.77. The molecule has 0 unspecified atom stereocenters. The lowest BCUT2D eigenvalue weighted by molar-refractivity contribution is 1.03. The quantitative estimate of drug-likeness (QED) is 0.563. The minimum atomic E-state index is 0.595. The van der Waals surface area contributed by atoms with Crippen LogP contribution in [-0.4, -0.2) is 5.33 Å². The summed E-state index contributed by atoms with van der Waals surface area (Å²) in [5, 5.41) is 6.10. The molecule has 3 aromatic rings. The van der Waals surface area contributed by atoms with Crippen molar-refractivity contribution in [2.45, 2.75) is 13.0 Å². The van der Waals surface area contributed by atoms with Crippen LogP contribution in [-0.2, 0) is 13.0 Å². The number of alkyl halides is 1. The van der Waals surface area contributed by atoms with Crippen LogP contribution in [0.15, 0.2) is 48.5 Å². The number of nitrogens with two attached hydrogens (primary N) is 1. The maximum absolute atomic E-state index is 5.98. The summed E-state index contributed by atoms with van der Waals surface area (Å²) < 4.78 is 0. The predicted molar refractivity (Wildman–Crippen MR) is 86.8 cm³/mol. The molecule has 1 nitrogen and oxygen atoms in total. The Kier molecular flexibility index (Phi) is 3.54. The Hall–Kier alpha value is -1.38. The van der Waals surface area contributed by atoms with Crippen LogP contribution >= 0.6 is 15.9 Å². The van der Waals surface area contributed by atoms with Crippen molar-refractivity contribution in [3.05, 3.63) is 59.7 Å². The third kappa shape index (κ3) is 2.26. The second-order valence-corrected chi connectivity index (χ2v) is 5.56. The molecule has 19 heavy (non-hydrogen) atoms. The van der Waals surface area contributed by atoms with Gasteiger partial charge in [0, 0.05) is 11.9 Å². The fourth-order valence-corrected chi connectivity index (χ4v) is 3.13. The highest BCUT2D eigenvalue weighted by Gasteiger charge is 2.07. The average molecular weight is 314 g/mol. The number of fused-ring (bicyclic) bond motifs is 2. The van der Waals surface area contributed by atoms with Crippen LogP contribution in [0.25, 0.3) is 21.5 Å². The van der Waals surface area contributed by atoms with Gasteiger partial charge in [-0.1, -0.05) is 52.3 Å². The van der Waals surface area contributed by atoms with E-state index in [1.165, 1.54) is 32.7 Å². The Morgan fingerprint density at radius 3 is 2.32 bits per heavy atom. The van der Waals surface area contributed by atoms with Gasteiger partial charge in [-0.2, -0.15) is 0 Å². The number of benzene rings is 3. The molecule has 0 heterocycles. The van der Waals surface area contributed by atoms with Crippen LogP contribution in [0.5, 0.6) is 0 Å². The fraction of sp³-hybridized carbons (Fsp3) is 0.176. The lowest BCUT2D eigenvalue weighted by Gasteiger charge is -2.12. The van der Waals surface area contributed by atoms with Crippen LogP contribution in [0, 0.1) is 0 Å². The minimum absolute atomic E-state index is 0.595. The van der Waals surface area contributed by atoms with Crippen LogP contribution in [0.1, 0.15) is 11.1 Å². The standard InChI is InChI=1S/C17H16BrN/c18-8-7-12-5-6-15-9-13-3-1-2-4-14(13)10-16(15)17(12)11-19/h1-6,9-10H,7-8,11,19H2. The van der Waals surface area contributed by atoms with E-state index >= 15 is 0 Å². The summed E-state index contributed by atoms with van der Waals surface area (Å²) in [5.41, 5.74) is 8.61. The van der Waals surface area contributed by atoms with Crippen molar-refractivity contribution in [3.8, 4) is 0 Å². The van der Waals surface area contributed by atoms with E-state index in [0.29, 0.717) is 6.54 Å². The lowest BCUT2D eigenvalue weighted by Crippen LogP contribution is -2.03. The molecule has 0 aliphatic carbocycles. The molecule has 0 aliphatic heterocycles. The summed E-state index contributed by atoms with van der Waals surface area (Å²) in [6.07, 6.45) is 1.02. The van der Waals surface area contributed by atoms with Crippen LogP contribution in [0.4, 0.5) is 0 Å². The van der Waals surface area contributed by atoms with Gasteiger partial charge in [-0.05, 0) is 51.2 Å². The fourth-order valence-electron chi connectivity index (χ4n) is 2.70. The summed E-state index contributed by atoms with van der Waals surface area (Å²) >= 11 is 3.51. The van der Waals surface area contributed by atoms with Crippen molar-refractivity contribution < 1.29 is 0 Å². The van der Waals surface area contributed by atoms with E-state index < -0.39 is 0 Å². The monoisotopic (exact) mass is 313 g/mol. The van der Waals surface area contributed by atoms with Gasteiger partial charge < -0.3 is 5.73 Å². The second kappa shape index (κ2) is 5.32. The van der Waals surface area contributed by atoms with Gasteiger partial charge in [-0.25, -0.2) is 0 Å². The topological polar surface area (TPSA) is 26.0 Å². The summed E-state index contributed by atoms with van der Waals surface area (Å²) in [6, 6.07) is 17.4. The molecule has 0 radical (unpaired) electrons. The zero-order valence-corrected chi connectivity index (χ0v) is 12.3. The molecular formula is C17H16BrN. The normalized spacial score (nSPS) is 11.3. The van der Waals surface area contributed by atoms with Crippen molar-refractivity contribution in [2.75, 3.05) is 5.33 Å². The van der Waals surface area contributed by atoms with Gasteiger partial charge in [-0.15, -0.1) is 0 Å². The van der Waals surface area contributed by atoms with E-state index in [4.69, 9.17) is 5.73 Å². The van der Waals surface area contributed by atoms with Gasteiger partial charge >= 0.3 is 0 Å². The molecule has 0 fully saturated rings. The van der Waals surface area contributed by atoms with Crippen molar-refractivity contribution >= 4 is 37.5 Å². The van der Waals surface area contributed by atoms with Gasteiger partial charge in [0.2, 0.25) is 0 Å². The number of hydrogen-bond acceptors (Lipinski definition) is 1. The number of rotatable bonds is 3. The number of aryl methyl sites for hydroxylation is 1. The van der Waals surface area contributed by atoms with Gasteiger partial charge in [0.15, 0.2) is 0 Å². The van der Waals surface area contributed by atoms with E-state index in [1.807, 2.05) is 0 Å². The molecule has 0 spiro atoms. The largest absolute Gasteiger partial charge is 0.326 e. The number of hydrogen-bond donors (Lipinski definition) is 1. The van der Waals surface area contributed by atoms with Gasteiger partial charge in [0.25, 0.3) is 0 Å². The molecule has 2 heteroatoms. The van der Waals surface area contributed by atoms with E-state index in [1.54, 1.807) is 0 Å². The lowest BCUT2D eigenvalue weighted by atomic mass is 9.95. The van der Waals surface area contributed by atoms with E-state index in [0.717, 1.165) is 11.8 Å². The van der Waals surface area contributed by atoms with Crippen molar-refractivity contribution in [1.29, 1.82) is 0 Å². The molecule has 0 bridgehead atoms. The van der Waals surface area contributed by atoms with Crippen LogP contribution in [0.3, 0.4) is 0 Å². The SMILES string of the molecule is NCc1c(CCBr)ccc2cc3ccccc3cc12. The van der Waals surface area contributed by atoms with Crippen molar-refractivity contribution in [2.24, 2.45) is 5.73 Å². The molecule has 96 valence electrons. The Balaban J connectivity index is 2.34. The van der Waals surface area contributed by atoms with Crippen molar-refractivity contribution in [3.63, 3.8) is 0 Å². The molecule has 0 amide bonds. The molecule has 0 saturated heterocycles. The van der Waals surface area contributed by atoms with Gasteiger partial charge in [0.05, 0.1) is 0 Å². The van der Waals surface area contributed by atoms with Gasteiger partial charge in [0.1, 0.15) is 0 Å². The van der Waals surface area contributed by atoms with E-state index in [2.05, 4.69) is 64.5 Å². The molecule has 2 N–H and O–H groups in total. The molecule has 3 aromatic carbocycles. The zero-order valence-electron chi connectivity index (χ0n) is 10.7. The molecule has 0 aromatic heterocycles. The first-order valence-corrected chi connectivity index (χ1v) is 7.65. The first-order chi connectivity index (χ1) is 9.33. The Morgan fingerprint density at radius 1 is 0.895 bits per heavy atom. The summed E-state index contributed by atoms with van der Waals surface area (Å²) in [4.78, 5) is 0.